The Kier molecular flexibility index (Phi) is 3.53. The van der Waals surface area contributed by atoms with Crippen molar-refractivity contribution >= 4 is 21.4 Å². The molecule has 1 N–H and O–H groups in total. The molecule has 0 unspecified atom stereocenters. The first-order valence-corrected chi connectivity index (χ1v) is 7.84. The summed E-state index contributed by atoms with van der Waals surface area (Å²) in [5.74, 6) is 0. The first-order valence-electron chi connectivity index (χ1n) is 5.59. The molecular formula is C10H17N3O2S2. The lowest BCUT2D eigenvalue weighted by Crippen LogP contribution is -2.51. The van der Waals surface area contributed by atoms with Gasteiger partial charge < -0.3 is 5.32 Å². The van der Waals surface area contributed by atoms with E-state index in [9.17, 15) is 8.42 Å². The van der Waals surface area contributed by atoms with E-state index in [2.05, 4.69) is 10.3 Å². The predicted octanol–water partition coefficient (Wildman–Crippen LogP) is 0.742. The summed E-state index contributed by atoms with van der Waals surface area (Å²) in [5, 5.41) is 4.03. The predicted molar refractivity (Wildman–Crippen MR) is 67.8 cm³/mol. The molecule has 0 radical (unpaired) electrons. The average Bonchev–Trinajstić information content (AvgIpc) is 2.58. The number of hydrogen-bond acceptors (Lipinski definition) is 5. The van der Waals surface area contributed by atoms with Crippen LogP contribution in [0.25, 0.3) is 0 Å². The summed E-state index contributed by atoms with van der Waals surface area (Å²) in [4.78, 5) is 4.19. The molecule has 1 fully saturated rings. The van der Waals surface area contributed by atoms with Gasteiger partial charge >= 0.3 is 0 Å². The van der Waals surface area contributed by atoms with Gasteiger partial charge in [0, 0.05) is 25.7 Å². The molecule has 1 aromatic rings. The average molecular weight is 275 g/mol. The van der Waals surface area contributed by atoms with Crippen molar-refractivity contribution in [2.24, 2.45) is 0 Å². The minimum Gasteiger partial charge on any atom is -0.312 e. The van der Waals surface area contributed by atoms with Gasteiger partial charge in [-0.1, -0.05) is 0 Å². The summed E-state index contributed by atoms with van der Waals surface area (Å²) >= 11 is 1.26. The van der Waals surface area contributed by atoms with Crippen LogP contribution in [-0.2, 0) is 10.0 Å². The molecule has 1 atom stereocenters. The van der Waals surface area contributed by atoms with Crippen LogP contribution >= 0.6 is 11.3 Å². The molecule has 5 nitrogen and oxygen atoms in total. The Labute approximate surface area is 106 Å². The Balaban J connectivity index is 2.33. The van der Waals surface area contributed by atoms with Gasteiger partial charge in [-0.15, -0.1) is 11.3 Å². The molecular weight excluding hydrogens is 258 g/mol. The van der Waals surface area contributed by atoms with Gasteiger partial charge in [0.25, 0.3) is 10.0 Å². The number of hydrogen-bond donors (Lipinski definition) is 1. The second-order valence-corrected chi connectivity index (χ2v) is 7.66. The fourth-order valence-corrected chi connectivity index (χ4v) is 5.13. The second kappa shape index (κ2) is 4.64. The molecule has 1 aliphatic rings. The summed E-state index contributed by atoms with van der Waals surface area (Å²) in [5.41, 5.74) is 0.610. The highest BCUT2D eigenvalue weighted by atomic mass is 32.2. The van der Waals surface area contributed by atoms with Crippen LogP contribution in [0.1, 0.15) is 17.6 Å². The third-order valence-corrected chi connectivity index (χ3v) is 6.29. The van der Waals surface area contributed by atoms with E-state index in [1.54, 1.807) is 11.2 Å². The van der Waals surface area contributed by atoms with Gasteiger partial charge in [0.2, 0.25) is 0 Å². The van der Waals surface area contributed by atoms with Crippen LogP contribution in [0.4, 0.5) is 0 Å². The van der Waals surface area contributed by atoms with E-state index in [4.69, 9.17) is 0 Å². The van der Waals surface area contributed by atoms with Crippen LogP contribution in [0.3, 0.4) is 0 Å². The summed E-state index contributed by atoms with van der Waals surface area (Å²) in [6.45, 7) is 7.34. The second-order valence-electron chi connectivity index (χ2n) is 4.32. The summed E-state index contributed by atoms with van der Waals surface area (Å²) in [6, 6.07) is 0.202. The van der Waals surface area contributed by atoms with Crippen LogP contribution in [0.2, 0.25) is 0 Å². The van der Waals surface area contributed by atoms with Gasteiger partial charge in [-0.2, -0.15) is 4.31 Å². The van der Waals surface area contributed by atoms with Crippen LogP contribution in [-0.4, -0.2) is 43.4 Å². The molecule has 1 saturated heterocycles. The molecule has 1 aliphatic heterocycles. The smallest absolute Gasteiger partial charge is 0.254 e. The van der Waals surface area contributed by atoms with Crippen molar-refractivity contribution in [3.8, 4) is 0 Å². The van der Waals surface area contributed by atoms with Crippen LogP contribution in [0.5, 0.6) is 0 Å². The maximum atomic E-state index is 12.4. The van der Waals surface area contributed by atoms with E-state index in [0.717, 1.165) is 5.01 Å². The third-order valence-electron chi connectivity index (χ3n) is 2.77. The SMILES string of the molecule is Cc1nc(C)c(S(=O)(=O)N2CCN[C@H](C)C2)s1. The maximum absolute atomic E-state index is 12.4. The summed E-state index contributed by atoms with van der Waals surface area (Å²) in [7, 11) is -3.36. The zero-order valence-corrected chi connectivity index (χ0v) is 11.9. The Morgan fingerprint density at radius 2 is 2.18 bits per heavy atom. The first-order chi connectivity index (χ1) is 7.91. The van der Waals surface area contributed by atoms with Crippen LogP contribution in [0, 0.1) is 13.8 Å². The monoisotopic (exact) mass is 275 g/mol. The molecule has 1 aromatic heterocycles. The van der Waals surface area contributed by atoms with Crippen molar-refractivity contribution in [3.63, 3.8) is 0 Å². The van der Waals surface area contributed by atoms with Crippen molar-refractivity contribution in [1.29, 1.82) is 0 Å². The van der Waals surface area contributed by atoms with Crippen molar-refractivity contribution in [2.45, 2.75) is 31.0 Å². The number of piperazine rings is 1. The summed E-state index contributed by atoms with van der Waals surface area (Å²) < 4.78 is 26.8. The molecule has 0 amide bonds. The minimum absolute atomic E-state index is 0.202. The van der Waals surface area contributed by atoms with E-state index in [-0.39, 0.29) is 6.04 Å². The lowest BCUT2D eigenvalue weighted by molar-refractivity contribution is 0.310. The van der Waals surface area contributed by atoms with Gasteiger partial charge in [-0.3, -0.25) is 0 Å². The summed E-state index contributed by atoms with van der Waals surface area (Å²) in [6.07, 6.45) is 0. The van der Waals surface area contributed by atoms with Crippen LogP contribution in [0.15, 0.2) is 4.21 Å². The zero-order chi connectivity index (χ0) is 12.6. The number of aryl methyl sites for hydroxylation is 2. The molecule has 17 heavy (non-hydrogen) atoms. The molecule has 0 aliphatic carbocycles. The van der Waals surface area contributed by atoms with E-state index < -0.39 is 10.0 Å². The van der Waals surface area contributed by atoms with E-state index in [1.807, 2.05) is 13.8 Å². The van der Waals surface area contributed by atoms with Gasteiger partial charge in [-0.05, 0) is 20.8 Å². The number of nitrogens with one attached hydrogen (secondary N) is 1. The van der Waals surface area contributed by atoms with Gasteiger partial charge in [-0.25, -0.2) is 13.4 Å². The van der Waals surface area contributed by atoms with Crippen LogP contribution < -0.4 is 5.32 Å². The zero-order valence-electron chi connectivity index (χ0n) is 10.2. The Morgan fingerprint density at radius 3 is 2.71 bits per heavy atom. The Hall–Kier alpha value is -0.500. The molecule has 0 aromatic carbocycles. The minimum atomic E-state index is -3.36. The highest BCUT2D eigenvalue weighted by molar-refractivity contribution is 7.91. The van der Waals surface area contributed by atoms with Gasteiger partial charge in [0.1, 0.15) is 0 Å². The molecule has 96 valence electrons. The van der Waals surface area contributed by atoms with Crippen molar-refractivity contribution < 1.29 is 8.42 Å². The van der Waals surface area contributed by atoms with Gasteiger partial charge in [0.15, 0.2) is 4.21 Å². The Bertz CT molecular complexity index is 510. The number of aromatic nitrogens is 1. The van der Waals surface area contributed by atoms with Crippen molar-refractivity contribution in [2.75, 3.05) is 19.6 Å². The maximum Gasteiger partial charge on any atom is 0.254 e. The van der Waals surface area contributed by atoms with E-state index in [0.29, 0.717) is 29.5 Å². The largest absolute Gasteiger partial charge is 0.312 e. The van der Waals surface area contributed by atoms with Crippen molar-refractivity contribution in [3.05, 3.63) is 10.7 Å². The first kappa shape index (κ1) is 12.9. The molecule has 2 rings (SSSR count). The third kappa shape index (κ3) is 2.52. The highest BCUT2D eigenvalue weighted by Gasteiger charge is 2.31. The molecule has 0 saturated carbocycles. The van der Waals surface area contributed by atoms with E-state index >= 15 is 0 Å². The fraction of sp³-hybridized carbons (Fsp3) is 0.700. The topological polar surface area (TPSA) is 62.3 Å². The molecule has 7 heteroatoms. The highest BCUT2D eigenvalue weighted by Crippen LogP contribution is 2.26. The lowest BCUT2D eigenvalue weighted by atomic mass is 10.3. The quantitative estimate of drug-likeness (QED) is 0.865. The van der Waals surface area contributed by atoms with E-state index in [1.165, 1.54) is 11.3 Å². The number of nitrogens with zero attached hydrogens (tertiary/aromatic N) is 2. The standard InChI is InChI=1S/C10H17N3O2S2/c1-7-6-13(5-4-11-7)17(14,15)10-8(2)12-9(3)16-10/h7,11H,4-6H2,1-3H3/t7-/m1/s1. The Morgan fingerprint density at radius 1 is 1.47 bits per heavy atom. The number of rotatable bonds is 2. The van der Waals surface area contributed by atoms with Crippen molar-refractivity contribution in [1.82, 2.24) is 14.6 Å². The fourth-order valence-electron chi connectivity index (χ4n) is 1.98. The normalized spacial score (nSPS) is 22.9. The molecule has 0 spiro atoms. The molecule has 0 bridgehead atoms. The number of thiazole rings is 1. The van der Waals surface area contributed by atoms with Gasteiger partial charge in [0.05, 0.1) is 10.7 Å². The number of sulfonamides is 1. The molecule has 2 heterocycles. The lowest BCUT2D eigenvalue weighted by Gasteiger charge is -2.30.